The molecule has 3 aromatic carbocycles. The number of fused-ring (bicyclic) bond motifs is 1. The summed E-state index contributed by atoms with van der Waals surface area (Å²) in [5, 5.41) is 3.29. The second-order valence-corrected chi connectivity index (χ2v) is 8.41. The zero-order valence-corrected chi connectivity index (χ0v) is 19.2. The van der Waals surface area contributed by atoms with E-state index in [9.17, 15) is 18.4 Å². The molecule has 0 fully saturated rings. The van der Waals surface area contributed by atoms with Crippen LogP contribution >= 0.6 is 11.8 Å². The number of methoxy groups -OCH3 is 1. The molecule has 9 heteroatoms. The molecular formula is C25H21F2N3O3S. The van der Waals surface area contributed by atoms with Gasteiger partial charge in [0.2, 0.25) is 5.91 Å². The van der Waals surface area contributed by atoms with E-state index in [0.717, 1.165) is 28.0 Å². The van der Waals surface area contributed by atoms with E-state index >= 15 is 0 Å². The van der Waals surface area contributed by atoms with E-state index in [1.165, 1.54) is 6.07 Å². The SMILES string of the molecule is COc1ccccc1C(C)NC(=O)CSc1nc2ccccc2c(=O)n1-c1ccc(F)cc1F. The summed E-state index contributed by atoms with van der Waals surface area (Å²) in [7, 11) is 1.56. The molecule has 4 aromatic rings. The third kappa shape index (κ3) is 4.79. The Labute approximate surface area is 198 Å². The van der Waals surface area contributed by atoms with Crippen LogP contribution < -0.4 is 15.6 Å². The van der Waals surface area contributed by atoms with Gasteiger partial charge in [-0.3, -0.25) is 14.2 Å². The smallest absolute Gasteiger partial charge is 0.266 e. The minimum atomic E-state index is -0.907. The molecule has 4 rings (SSSR count). The van der Waals surface area contributed by atoms with Gasteiger partial charge in [0, 0.05) is 11.6 Å². The lowest BCUT2D eigenvalue weighted by atomic mass is 10.1. The molecule has 1 amide bonds. The Balaban J connectivity index is 1.64. The van der Waals surface area contributed by atoms with Crippen LogP contribution in [-0.4, -0.2) is 28.3 Å². The van der Waals surface area contributed by atoms with Gasteiger partial charge >= 0.3 is 0 Å². The van der Waals surface area contributed by atoms with E-state index in [2.05, 4.69) is 10.3 Å². The Bertz CT molecular complexity index is 1420. The van der Waals surface area contributed by atoms with Gasteiger partial charge < -0.3 is 10.1 Å². The van der Waals surface area contributed by atoms with Crippen molar-refractivity contribution in [2.24, 2.45) is 0 Å². The van der Waals surface area contributed by atoms with Crippen LogP contribution in [0.3, 0.4) is 0 Å². The molecule has 1 heterocycles. The zero-order valence-electron chi connectivity index (χ0n) is 18.4. The standard InChI is InChI=1S/C25H21F2N3O3S/c1-15(17-7-4-6-10-22(17)33-2)28-23(31)14-34-25-29-20-9-5-3-8-18(20)24(32)30(25)21-12-11-16(26)13-19(21)27/h3-13,15H,14H2,1-2H3,(H,28,31). The van der Waals surface area contributed by atoms with Gasteiger partial charge in [-0.15, -0.1) is 0 Å². The molecule has 1 aromatic heterocycles. The van der Waals surface area contributed by atoms with Crippen LogP contribution in [0.15, 0.2) is 76.7 Å². The molecule has 0 saturated heterocycles. The number of benzene rings is 3. The van der Waals surface area contributed by atoms with Crippen molar-refractivity contribution < 1.29 is 18.3 Å². The molecule has 0 aliphatic heterocycles. The van der Waals surface area contributed by atoms with E-state index in [1.807, 2.05) is 31.2 Å². The number of carbonyl (C=O) groups excluding carboxylic acids is 1. The fourth-order valence-corrected chi connectivity index (χ4v) is 4.42. The number of amides is 1. The van der Waals surface area contributed by atoms with Gasteiger partial charge in [-0.05, 0) is 37.3 Å². The van der Waals surface area contributed by atoms with Crippen LogP contribution in [0.25, 0.3) is 16.6 Å². The van der Waals surface area contributed by atoms with Gasteiger partial charge in [-0.1, -0.05) is 42.1 Å². The Kier molecular flexibility index (Phi) is 6.93. The molecule has 1 N–H and O–H groups in total. The highest BCUT2D eigenvalue weighted by atomic mass is 32.2. The van der Waals surface area contributed by atoms with Gasteiger partial charge in [0.25, 0.3) is 5.56 Å². The Morgan fingerprint density at radius 3 is 2.62 bits per heavy atom. The monoisotopic (exact) mass is 481 g/mol. The molecular weight excluding hydrogens is 460 g/mol. The van der Waals surface area contributed by atoms with Gasteiger partial charge in [0.05, 0.1) is 35.5 Å². The quantitative estimate of drug-likeness (QED) is 0.308. The molecule has 0 saturated carbocycles. The first kappa shape index (κ1) is 23.4. The minimum Gasteiger partial charge on any atom is -0.496 e. The van der Waals surface area contributed by atoms with E-state index < -0.39 is 17.2 Å². The number of rotatable bonds is 7. The van der Waals surface area contributed by atoms with Crippen LogP contribution in [-0.2, 0) is 4.79 Å². The topological polar surface area (TPSA) is 73.2 Å². The fraction of sp³-hybridized carbons (Fsp3) is 0.160. The number of ether oxygens (including phenoxy) is 1. The summed E-state index contributed by atoms with van der Waals surface area (Å²) >= 11 is 0.987. The van der Waals surface area contributed by atoms with Crippen molar-refractivity contribution in [3.63, 3.8) is 0 Å². The highest BCUT2D eigenvalue weighted by Crippen LogP contribution is 2.26. The summed E-state index contributed by atoms with van der Waals surface area (Å²) in [4.78, 5) is 30.4. The summed E-state index contributed by atoms with van der Waals surface area (Å²) < 4.78 is 34.5. The molecule has 0 spiro atoms. The average molecular weight is 482 g/mol. The molecule has 34 heavy (non-hydrogen) atoms. The largest absolute Gasteiger partial charge is 0.496 e. The lowest BCUT2D eigenvalue weighted by Crippen LogP contribution is -2.29. The van der Waals surface area contributed by atoms with Gasteiger partial charge in [-0.2, -0.15) is 0 Å². The number of halogens is 2. The summed E-state index contributed by atoms with van der Waals surface area (Å²) in [6.45, 7) is 1.83. The highest BCUT2D eigenvalue weighted by molar-refractivity contribution is 7.99. The predicted molar refractivity (Wildman–Crippen MR) is 128 cm³/mol. The molecule has 0 bridgehead atoms. The second kappa shape index (κ2) is 10.0. The third-order valence-electron chi connectivity index (χ3n) is 5.21. The van der Waals surface area contributed by atoms with Crippen molar-refractivity contribution in [2.75, 3.05) is 12.9 Å². The maximum atomic E-state index is 14.6. The van der Waals surface area contributed by atoms with Crippen molar-refractivity contribution in [3.8, 4) is 11.4 Å². The molecule has 1 atom stereocenters. The van der Waals surface area contributed by atoms with Crippen molar-refractivity contribution in [2.45, 2.75) is 18.1 Å². The Morgan fingerprint density at radius 2 is 1.85 bits per heavy atom. The van der Waals surface area contributed by atoms with Gasteiger partial charge in [0.15, 0.2) is 5.16 Å². The average Bonchev–Trinajstić information content (AvgIpc) is 2.83. The van der Waals surface area contributed by atoms with Gasteiger partial charge in [0.1, 0.15) is 17.4 Å². The highest BCUT2D eigenvalue weighted by Gasteiger charge is 2.19. The minimum absolute atomic E-state index is 0.0763. The van der Waals surface area contributed by atoms with E-state index in [-0.39, 0.29) is 33.9 Å². The number of nitrogens with zero attached hydrogens (tertiary/aromatic N) is 2. The molecule has 0 aliphatic carbocycles. The number of hydrogen-bond donors (Lipinski definition) is 1. The van der Waals surface area contributed by atoms with Crippen molar-refractivity contribution >= 4 is 28.6 Å². The number of nitrogens with one attached hydrogen (secondary N) is 1. The normalized spacial score (nSPS) is 11.9. The molecule has 1 unspecified atom stereocenters. The molecule has 6 nitrogen and oxygen atoms in total. The Morgan fingerprint density at radius 1 is 1.12 bits per heavy atom. The first-order valence-corrected chi connectivity index (χ1v) is 11.4. The van der Waals surface area contributed by atoms with E-state index in [4.69, 9.17) is 4.74 Å². The number of thioether (sulfide) groups is 1. The second-order valence-electron chi connectivity index (χ2n) is 7.47. The number of aromatic nitrogens is 2. The van der Waals surface area contributed by atoms with Crippen molar-refractivity contribution in [3.05, 3.63) is 94.3 Å². The fourth-order valence-electron chi connectivity index (χ4n) is 3.60. The number of hydrogen-bond acceptors (Lipinski definition) is 5. The predicted octanol–water partition coefficient (Wildman–Crippen LogP) is 4.64. The molecule has 174 valence electrons. The van der Waals surface area contributed by atoms with Crippen LogP contribution in [0, 0.1) is 11.6 Å². The van der Waals surface area contributed by atoms with Crippen LogP contribution in [0.4, 0.5) is 8.78 Å². The third-order valence-corrected chi connectivity index (χ3v) is 6.15. The first-order chi connectivity index (χ1) is 16.4. The first-order valence-electron chi connectivity index (χ1n) is 10.4. The lowest BCUT2D eigenvalue weighted by Gasteiger charge is -2.17. The molecule has 0 radical (unpaired) electrons. The van der Waals surface area contributed by atoms with Crippen LogP contribution in [0.1, 0.15) is 18.5 Å². The number of para-hydroxylation sites is 2. The summed E-state index contributed by atoms with van der Waals surface area (Å²) in [5.41, 5.74) is 0.574. The van der Waals surface area contributed by atoms with Gasteiger partial charge in [-0.25, -0.2) is 13.8 Å². The summed E-state index contributed by atoms with van der Waals surface area (Å²) in [6.07, 6.45) is 0. The summed E-state index contributed by atoms with van der Waals surface area (Å²) in [5.74, 6) is -1.40. The zero-order chi connectivity index (χ0) is 24.2. The maximum Gasteiger partial charge on any atom is 0.266 e. The van der Waals surface area contributed by atoms with Crippen molar-refractivity contribution in [1.29, 1.82) is 0 Å². The molecule has 0 aliphatic rings. The van der Waals surface area contributed by atoms with Crippen LogP contribution in [0.2, 0.25) is 0 Å². The maximum absolute atomic E-state index is 14.6. The number of carbonyl (C=O) groups is 1. The van der Waals surface area contributed by atoms with Crippen molar-refractivity contribution in [1.82, 2.24) is 14.9 Å². The van der Waals surface area contributed by atoms with E-state index in [0.29, 0.717) is 17.3 Å². The lowest BCUT2D eigenvalue weighted by molar-refractivity contribution is -0.119. The van der Waals surface area contributed by atoms with Crippen LogP contribution in [0.5, 0.6) is 5.75 Å². The summed E-state index contributed by atoms with van der Waals surface area (Å²) in [6, 6.07) is 16.6. The van der Waals surface area contributed by atoms with E-state index in [1.54, 1.807) is 31.4 Å². The Hall–Kier alpha value is -3.72.